The van der Waals surface area contributed by atoms with Crippen LogP contribution >= 0.6 is 0 Å². The third-order valence-corrected chi connectivity index (χ3v) is 5.44. The zero-order valence-corrected chi connectivity index (χ0v) is 20.2. The topological polar surface area (TPSA) is 103 Å². The molecule has 2 amide bonds. The predicted octanol–water partition coefficient (Wildman–Crippen LogP) is 3.96. The van der Waals surface area contributed by atoms with E-state index in [1.54, 1.807) is 61.6 Å². The summed E-state index contributed by atoms with van der Waals surface area (Å²) in [6, 6.07) is 19.5. The van der Waals surface area contributed by atoms with Crippen LogP contribution in [-0.4, -0.2) is 51.1 Å². The summed E-state index contributed by atoms with van der Waals surface area (Å²) in [7, 11) is 4.64. The summed E-state index contributed by atoms with van der Waals surface area (Å²) in [5, 5.41) is 2.91. The second-order valence-corrected chi connectivity index (χ2v) is 7.83. The number of nitrogens with two attached hydrogens (primary N) is 1. The maximum Gasteiger partial charge on any atom is 0.255 e. The first kappa shape index (κ1) is 25.6. The highest BCUT2D eigenvalue weighted by Gasteiger charge is 2.18. The lowest BCUT2D eigenvalue weighted by Crippen LogP contribution is -2.32. The van der Waals surface area contributed by atoms with Gasteiger partial charge in [-0.3, -0.25) is 9.59 Å². The van der Waals surface area contributed by atoms with E-state index in [-0.39, 0.29) is 11.8 Å². The van der Waals surface area contributed by atoms with Crippen molar-refractivity contribution in [1.29, 1.82) is 0 Å². The number of hydrogen-bond donors (Lipinski definition) is 2. The SMILES string of the molecule is COc1cccc(C(=O)Nc2cccc(CN(CCCN)C(=O)c3ccc(OC)c(OC)c3)c2)c1. The molecular formula is C27H31N3O5. The first-order valence-corrected chi connectivity index (χ1v) is 11.2. The number of rotatable bonds is 11. The minimum absolute atomic E-state index is 0.148. The van der Waals surface area contributed by atoms with Crippen LogP contribution in [-0.2, 0) is 6.54 Å². The van der Waals surface area contributed by atoms with Crippen LogP contribution < -0.4 is 25.3 Å². The third-order valence-electron chi connectivity index (χ3n) is 5.44. The van der Waals surface area contributed by atoms with Crippen LogP contribution in [0.15, 0.2) is 66.7 Å². The Morgan fingerprint density at radius 2 is 1.63 bits per heavy atom. The number of carbonyl (C=O) groups is 2. The number of methoxy groups -OCH3 is 3. The lowest BCUT2D eigenvalue weighted by Gasteiger charge is -2.23. The van der Waals surface area contributed by atoms with E-state index >= 15 is 0 Å². The second kappa shape index (κ2) is 12.4. The van der Waals surface area contributed by atoms with Crippen LogP contribution in [0.25, 0.3) is 0 Å². The summed E-state index contributed by atoms with van der Waals surface area (Å²) in [4.78, 5) is 27.8. The fraction of sp³-hybridized carbons (Fsp3) is 0.259. The van der Waals surface area contributed by atoms with Gasteiger partial charge in [-0.1, -0.05) is 18.2 Å². The van der Waals surface area contributed by atoms with Crippen molar-refractivity contribution in [3.05, 3.63) is 83.4 Å². The summed E-state index contributed by atoms with van der Waals surface area (Å²) < 4.78 is 15.8. The minimum Gasteiger partial charge on any atom is -0.497 e. The van der Waals surface area contributed by atoms with Gasteiger partial charge in [-0.15, -0.1) is 0 Å². The Morgan fingerprint density at radius 1 is 0.857 bits per heavy atom. The summed E-state index contributed by atoms with van der Waals surface area (Å²) in [5.74, 6) is 1.25. The largest absolute Gasteiger partial charge is 0.497 e. The van der Waals surface area contributed by atoms with Gasteiger partial charge in [-0.05, 0) is 67.1 Å². The summed E-state index contributed by atoms with van der Waals surface area (Å²) in [6.45, 7) is 1.31. The summed E-state index contributed by atoms with van der Waals surface area (Å²) >= 11 is 0. The number of amides is 2. The first-order valence-electron chi connectivity index (χ1n) is 11.2. The van der Waals surface area contributed by atoms with Gasteiger partial charge < -0.3 is 30.2 Å². The van der Waals surface area contributed by atoms with Crippen molar-refractivity contribution in [3.63, 3.8) is 0 Å². The molecule has 0 atom stereocenters. The van der Waals surface area contributed by atoms with E-state index in [0.717, 1.165) is 5.56 Å². The quantitative estimate of drug-likeness (QED) is 0.433. The molecule has 3 rings (SSSR count). The first-order chi connectivity index (χ1) is 17.0. The highest BCUT2D eigenvalue weighted by Crippen LogP contribution is 2.28. The Hall–Kier alpha value is -4.04. The van der Waals surface area contributed by atoms with Gasteiger partial charge in [-0.25, -0.2) is 0 Å². The Morgan fingerprint density at radius 3 is 2.34 bits per heavy atom. The molecule has 0 saturated carbocycles. The van der Waals surface area contributed by atoms with Crippen molar-refractivity contribution in [1.82, 2.24) is 4.90 Å². The van der Waals surface area contributed by atoms with Gasteiger partial charge in [0, 0.05) is 29.9 Å². The Bertz CT molecular complexity index is 1170. The fourth-order valence-electron chi connectivity index (χ4n) is 3.62. The van der Waals surface area contributed by atoms with Crippen LogP contribution in [0.2, 0.25) is 0 Å². The van der Waals surface area contributed by atoms with Gasteiger partial charge in [0.05, 0.1) is 21.3 Å². The number of ether oxygens (including phenoxy) is 3. The summed E-state index contributed by atoms with van der Waals surface area (Å²) in [6.07, 6.45) is 0.658. The number of benzene rings is 3. The number of anilines is 1. The van der Waals surface area contributed by atoms with E-state index in [9.17, 15) is 9.59 Å². The van der Waals surface area contributed by atoms with E-state index in [0.29, 0.717) is 60.1 Å². The number of carbonyl (C=O) groups excluding carboxylic acids is 2. The predicted molar refractivity (Wildman–Crippen MR) is 135 cm³/mol. The molecule has 3 aromatic carbocycles. The van der Waals surface area contributed by atoms with Gasteiger partial charge in [-0.2, -0.15) is 0 Å². The monoisotopic (exact) mass is 477 g/mol. The highest BCUT2D eigenvalue weighted by atomic mass is 16.5. The molecule has 8 heteroatoms. The molecule has 0 aromatic heterocycles. The van der Waals surface area contributed by atoms with Gasteiger partial charge in [0.15, 0.2) is 11.5 Å². The fourth-order valence-corrected chi connectivity index (χ4v) is 3.62. The van der Waals surface area contributed by atoms with Gasteiger partial charge in [0.2, 0.25) is 0 Å². The highest BCUT2D eigenvalue weighted by molar-refractivity contribution is 6.04. The molecule has 0 unspecified atom stereocenters. The zero-order valence-electron chi connectivity index (χ0n) is 20.2. The Kier molecular flexibility index (Phi) is 9.09. The molecule has 8 nitrogen and oxygen atoms in total. The second-order valence-electron chi connectivity index (χ2n) is 7.83. The molecule has 0 heterocycles. The molecular weight excluding hydrogens is 446 g/mol. The van der Waals surface area contributed by atoms with Crippen molar-refractivity contribution in [3.8, 4) is 17.2 Å². The van der Waals surface area contributed by atoms with E-state index < -0.39 is 0 Å². The van der Waals surface area contributed by atoms with Gasteiger partial charge >= 0.3 is 0 Å². The van der Waals surface area contributed by atoms with Crippen LogP contribution in [0, 0.1) is 0 Å². The summed E-state index contributed by atoms with van der Waals surface area (Å²) in [5.41, 5.74) is 8.20. The lowest BCUT2D eigenvalue weighted by molar-refractivity contribution is 0.0741. The molecule has 3 N–H and O–H groups in total. The van der Waals surface area contributed by atoms with Gasteiger partial charge in [0.1, 0.15) is 5.75 Å². The molecule has 35 heavy (non-hydrogen) atoms. The standard InChI is InChI=1S/C27H31N3O5/c1-33-23-10-5-8-20(16-23)26(31)29-22-9-4-7-19(15-22)18-30(14-6-13-28)27(32)21-11-12-24(34-2)25(17-21)35-3/h4-5,7-12,15-17H,6,13-14,18,28H2,1-3H3,(H,29,31). The zero-order chi connectivity index (χ0) is 25.2. The van der Waals surface area contributed by atoms with Crippen LogP contribution in [0.3, 0.4) is 0 Å². The third kappa shape index (κ3) is 6.74. The van der Waals surface area contributed by atoms with Crippen LogP contribution in [0.4, 0.5) is 5.69 Å². The van der Waals surface area contributed by atoms with E-state index in [4.69, 9.17) is 19.9 Å². The van der Waals surface area contributed by atoms with E-state index in [2.05, 4.69) is 5.32 Å². The average molecular weight is 478 g/mol. The van der Waals surface area contributed by atoms with Crippen LogP contribution in [0.1, 0.15) is 32.7 Å². The van der Waals surface area contributed by atoms with Crippen molar-refractivity contribution in [2.75, 3.05) is 39.7 Å². The normalized spacial score (nSPS) is 10.4. The lowest BCUT2D eigenvalue weighted by atomic mass is 10.1. The molecule has 0 fully saturated rings. The van der Waals surface area contributed by atoms with Crippen molar-refractivity contribution >= 4 is 17.5 Å². The van der Waals surface area contributed by atoms with Crippen molar-refractivity contribution in [2.45, 2.75) is 13.0 Å². The van der Waals surface area contributed by atoms with Crippen molar-refractivity contribution in [2.24, 2.45) is 5.73 Å². The van der Waals surface area contributed by atoms with E-state index in [1.807, 2.05) is 24.3 Å². The average Bonchev–Trinajstić information content (AvgIpc) is 2.90. The molecule has 0 saturated heterocycles. The van der Waals surface area contributed by atoms with Gasteiger partial charge in [0.25, 0.3) is 11.8 Å². The molecule has 0 radical (unpaired) electrons. The molecule has 0 aliphatic rings. The molecule has 184 valence electrons. The smallest absolute Gasteiger partial charge is 0.255 e. The Balaban J connectivity index is 1.78. The van der Waals surface area contributed by atoms with Crippen molar-refractivity contribution < 1.29 is 23.8 Å². The maximum atomic E-state index is 13.3. The molecule has 3 aromatic rings. The molecule has 0 spiro atoms. The molecule has 0 aliphatic heterocycles. The number of nitrogens with one attached hydrogen (secondary N) is 1. The number of nitrogens with zero attached hydrogens (tertiary/aromatic N) is 1. The van der Waals surface area contributed by atoms with E-state index in [1.165, 1.54) is 7.11 Å². The minimum atomic E-state index is -0.248. The molecule has 0 aliphatic carbocycles. The Labute approximate surface area is 205 Å². The number of hydrogen-bond acceptors (Lipinski definition) is 6. The van der Waals surface area contributed by atoms with Crippen LogP contribution in [0.5, 0.6) is 17.2 Å². The maximum absolute atomic E-state index is 13.3. The molecule has 0 bridgehead atoms.